The predicted octanol–water partition coefficient (Wildman–Crippen LogP) is 1.09. The number of carbonyl (C=O) groups is 2. The smallest absolute Gasteiger partial charge is 0.319 e. The highest BCUT2D eigenvalue weighted by Crippen LogP contribution is 2.15. The molecule has 1 rings (SSSR count). The monoisotopic (exact) mass is 344 g/mol. The van der Waals surface area contributed by atoms with Gasteiger partial charge in [-0.15, -0.1) is 0 Å². The number of nitrogens with one attached hydrogen (secondary N) is 2. The minimum Gasteiger partial charge on any atom is -0.481 e. The van der Waals surface area contributed by atoms with Gasteiger partial charge < -0.3 is 20.5 Å². The molecule has 23 heavy (non-hydrogen) atoms. The summed E-state index contributed by atoms with van der Waals surface area (Å²) in [7, 11) is -1.97. The first kappa shape index (κ1) is 18.9. The van der Waals surface area contributed by atoms with Gasteiger partial charge in [-0.25, -0.2) is 13.2 Å². The summed E-state index contributed by atoms with van der Waals surface area (Å²) in [5.41, 5.74) is 0.437. The van der Waals surface area contributed by atoms with Gasteiger partial charge in [-0.05, 0) is 30.7 Å². The van der Waals surface area contributed by atoms with Gasteiger partial charge in [0.15, 0.2) is 9.84 Å². The van der Waals surface area contributed by atoms with Crippen LogP contribution in [0.5, 0.6) is 0 Å². The summed E-state index contributed by atoms with van der Waals surface area (Å²) in [6, 6.07) is 5.30. The molecule has 0 aliphatic rings. The summed E-state index contributed by atoms with van der Waals surface area (Å²) in [6.07, 6.45) is 0.313. The Kier molecular flexibility index (Phi) is 7.49. The Labute approximate surface area is 134 Å². The highest BCUT2D eigenvalue weighted by molar-refractivity contribution is 7.91. The fraction of sp³-hybridized carbons (Fsp3) is 0.429. The van der Waals surface area contributed by atoms with E-state index in [-0.39, 0.29) is 30.2 Å². The van der Waals surface area contributed by atoms with Crippen LogP contribution in [-0.2, 0) is 19.4 Å². The number of urea groups is 1. The minimum atomic E-state index is -3.40. The van der Waals surface area contributed by atoms with Crippen LogP contribution in [0.2, 0.25) is 0 Å². The molecule has 128 valence electrons. The van der Waals surface area contributed by atoms with Crippen molar-refractivity contribution in [1.29, 1.82) is 0 Å². The number of benzene rings is 1. The summed E-state index contributed by atoms with van der Waals surface area (Å²) in [5.74, 6) is -1.03. The van der Waals surface area contributed by atoms with E-state index in [1.807, 2.05) is 0 Å². The number of aliphatic carboxylic acids is 1. The maximum atomic E-state index is 11.9. The largest absolute Gasteiger partial charge is 0.481 e. The van der Waals surface area contributed by atoms with Gasteiger partial charge in [0.1, 0.15) is 0 Å². The van der Waals surface area contributed by atoms with Gasteiger partial charge in [0, 0.05) is 25.8 Å². The average molecular weight is 344 g/mol. The molecule has 0 aromatic heterocycles. The Balaban J connectivity index is 2.50. The van der Waals surface area contributed by atoms with Crippen LogP contribution in [-0.4, -0.2) is 51.5 Å². The first-order valence-electron chi connectivity index (χ1n) is 6.93. The maximum absolute atomic E-state index is 11.9. The molecule has 0 saturated heterocycles. The van der Waals surface area contributed by atoms with Gasteiger partial charge in [-0.1, -0.05) is 0 Å². The number of amides is 2. The summed E-state index contributed by atoms with van der Waals surface area (Å²) in [6.45, 7) is 0.350. The fourth-order valence-electron chi connectivity index (χ4n) is 1.67. The number of anilines is 1. The zero-order chi connectivity index (χ0) is 17.3. The Morgan fingerprint density at radius 1 is 1.22 bits per heavy atom. The normalized spacial score (nSPS) is 11.0. The number of carboxylic acids is 1. The molecule has 3 N–H and O–H groups in total. The minimum absolute atomic E-state index is 0.0195. The lowest BCUT2D eigenvalue weighted by Crippen LogP contribution is -2.29. The molecule has 0 unspecified atom stereocenters. The fourth-order valence-corrected chi connectivity index (χ4v) is 2.85. The van der Waals surface area contributed by atoms with Crippen molar-refractivity contribution in [1.82, 2.24) is 5.32 Å². The highest BCUT2D eigenvalue weighted by atomic mass is 32.2. The van der Waals surface area contributed by atoms with E-state index in [0.717, 1.165) is 0 Å². The number of carboxylic acid groups (broad SMARTS) is 1. The van der Waals surface area contributed by atoms with Crippen LogP contribution in [0.25, 0.3) is 0 Å². The molecule has 1 aromatic rings. The number of rotatable bonds is 9. The topological polar surface area (TPSA) is 122 Å². The van der Waals surface area contributed by atoms with Crippen molar-refractivity contribution in [3.05, 3.63) is 24.3 Å². The molecule has 2 amide bonds. The first-order chi connectivity index (χ1) is 10.8. The molecule has 0 bridgehead atoms. The Bertz CT molecular complexity index is 627. The highest BCUT2D eigenvalue weighted by Gasteiger charge is 2.14. The maximum Gasteiger partial charge on any atom is 0.319 e. The van der Waals surface area contributed by atoms with Crippen LogP contribution in [0, 0.1) is 0 Å². The van der Waals surface area contributed by atoms with Crippen LogP contribution in [0.15, 0.2) is 29.2 Å². The summed E-state index contributed by atoms with van der Waals surface area (Å²) < 4.78 is 28.6. The van der Waals surface area contributed by atoms with Crippen LogP contribution < -0.4 is 10.6 Å². The first-order valence-corrected chi connectivity index (χ1v) is 8.59. The third-order valence-corrected chi connectivity index (χ3v) is 4.57. The van der Waals surface area contributed by atoms with E-state index in [2.05, 4.69) is 10.6 Å². The molecule has 0 heterocycles. The molecular formula is C14H20N2O6S. The molecule has 0 radical (unpaired) electrons. The Morgan fingerprint density at radius 2 is 1.87 bits per heavy atom. The molecule has 8 nitrogen and oxygen atoms in total. The molecular weight excluding hydrogens is 324 g/mol. The number of methoxy groups -OCH3 is 1. The van der Waals surface area contributed by atoms with Crippen molar-refractivity contribution in [2.75, 3.05) is 31.3 Å². The van der Waals surface area contributed by atoms with Crippen LogP contribution >= 0.6 is 0 Å². The van der Waals surface area contributed by atoms with Crippen molar-refractivity contribution in [2.45, 2.75) is 17.7 Å². The Morgan fingerprint density at radius 3 is 2.43 bits per heavy atom. The van der Waals surface area contributed by atoms with E-state index in [4.69, 9.17) is 9.84 Å². The number of carbonyl (C=O) groups excluding carboxylic acids is 1. The lowest BCUT2D eigenvalue weighted by atomic mass is 10.3. The number of hydrogen-bond donors (Lipinski definition) is 3. The van der Waals surface area contributed by atoms with E-state index >= 15 is 0 Å². The Hall–Kier alpha value is -2.13. The second-order valence-electron chi connectivity index (χ2n) is 4.71. The van der Waals surface area contributed by atoms with E-state index in [0.29, 0.717) is 12.1 Å². The van der Waals surface area contributed by atoms with Gasteiger partial charge in [0.2, 0.25) is 0 Å². The zero-order valence-electron chi connectivity index (χ0n) is 12.7. The van der Waals surface area contributed by atoms with Crippen molar-refractivity contribution in [3.63, 3.8) is 0 Å². The number of hydrogen-bond acceptors (Lipinski definition) is 5. The molecule has 0 aliphatic carbocycles. The van der Waals surface area contributed by atoms with E-state index in [9.17, 15) is 18.0 Å². The summed E-state index contributed by atoms with van der Waals surface area (Å²) in [4.78, 5) is 22.1. The van der Waals surface area contributed by atoms with E-state index in [1.54, 1.807) is 0 Å². The van der Waals surface area contributed by atoms with Crippen molar-refractivity contribution in [3.8, 4) is 0 Å². The predicted molar refractivity (Wildman–Crippen MR) is 84.3 cm³/mol. The second-order valence-corrected chi connectivity index (χ2v) is 6.82. The van der Waals surface area contributed by atoms with E-state index in [1.165, 1.54) is 31.4 Å². The average Bonchev–Trinajstić information content (AvgIpc) is 2.50. The van der Waals surface area contributed by atoms with E-state index < -0.39 is 21.8 Å². The van der Waals surface area contributed by atoms with Crippen molar-refractivity contribution >= 4 is 27.5 Å². The van der Waals surface area contributed by atoms with Gasteiger partial charge in [-0.3, -0.25) is 4.79 Å². The van der Waals surface area contributed by atoms with Gasteiger partial charge >= 0.3 is 12.0 Å². The third kappa shape index (κ3) is 7.11. The number of ether oxygens (including phenoxy) is 1. The molecule has 9 heteroatoms. The second kappa shape index (κ2) is 9.11. The van der Waals surface area contributed by atoms with Crippen LogP contribution in [0.4, 0.5) is 10.5 Å². The lowest BCUT2D eigenvalue weighted by molar-refractivity contribution is -0.137. The molecule has 0 atom stereocenters. The van der Waals surface area contributed by atoms with Gasteiger partial charge in [-0.2, -0.15) is 0 Å². The van der Waals surface area contributed by atoms with Gasteiger partial charge in [0.05, 0.1) is 17.3 Å². The van der Waals surface area contributed by atoms with Gasteiger partial charge in [0.25, 0.3) is 0 Å². The quantitative estimate of drug-likeness (QED) is 0.577. The lowest BCUT2D eigenvalue weighted by Gasteiger charge is -2.08. The molecule has 0 fully saturated rings. The van der Waals surface area contributed by atoms with Crippen LogP contribution in [0.1, 0.15) is 12.8 Å². The summed E-state index contributed by atoms with van der Waals surface area (Å²) in [5, 5.41) is 13.5. The standard InChI is InChI=1S/C14H20N2O6S/c1-22-9-10-23(20,21)12-6-4-11(5-7-12)16-14(19)15-8-2-3-13(17)18/h4-7H,2-3,8-10H2,1H3,(H,17,18)(H2,15,16,19). The van der Waals surface area contributed by atoms with Crippen molar-refractivity contribution in [2.24, 2.45) is 0 Å². The molecule has 0 aliphatic heterocycles. The summed E-state index contributed by atoms with van der Waals surface area (Å²) >= 11 is 0. The molecule has 0 saturated carbocycles. The zero-order valence-corrected chi connectivity index (χ0v) is 13.6. The molecule has 0 spiro atoms. The molecule has 1 aromatic carbocycles. The SMILES string of the molecule is COCCS(=O)(=O)c1ccc(NC(=O)NCCCC(=O)O)cc1. The van der Waals surface area contributed by atoms with Crippen LogP contribution in [0.3, 0.4) is 0 Å². The third-order valence-electron chi connectivity index (χ3n) is 2.88. The van der Waals surface area contributed by atoms with Crippen molar-refractivity contribution < 1.29 is 27.9 Å². The number of sulfone groups is 1.